The van der Waals surface area contributed by atoms with Crippen LogP contribution in [-0.2, 0) is 11.4 Å². The molecule has 0 atom stereocenters. The Balaban J connectivity index is 2.88. The molecule has 0 heterocycles. The van der Waals surface area contributed by atoms with E-state index in [9.17, 15) is 4.79 Å². The Bertz CT molecular complexity index is 353. The first-order valence-electron chi connectivity index (χ1n) is 4.29. The number of carboxylic acids is 1. The molecule has 82 valence electrons. The normalized spacial score (nSPS) is 10.1. The van der Waals surface area contributed by atoms with Crippen LogP contribution in [0.1, 0.15) is 11.1 Å². The van der Waals surface area contributed by atoms with Crippen molar-refractivity contribution in [2.24, 2.45) is 0 Å². The van der Waals surface area contributed by atoms with Gasteiger partial charge in [0.1, 0.15) is 5.75 Å². The third-order valence-electron chi connectivity index (χ3n) is 1.91. The van der Waals surface area contributed by atoms with Crippen molar-refractivity contribution in [3.8, 4) is 5.75 Å². The minimum atomic E-state index is -1.05. The lowest BCUT2D eigenvalue weighted by molar-refractivity contribution is -0.139. The molecule has 2 N–H and O–H groups in total. The number of aryl methyl sites for hydroxylation is 1. The minimum absolute atomic E-state index is 0.149. The van der Waals surface area contributed by atoms with Crippen LogP contribution in [0.4, 0.5) is 0 Å². The van der Waals surface area contributed by atoms with E-state index >= 15 is 0 Å². The van der Waals surface area contributed by atoms with E-state index in [1.165, 1.54) is 6.07 Å². The summed E-state index contributed by atoms with van der Waals surface area (Å²) in [6.45, 7) is 1.21. The lowest BCUT2D eigenvalue weighted by Crippen LogP contribution is -2.09. The zero-order chi connectivity index (χ0) is 11.4. The number of carbonyl (C=O) groups is 1. The van der Waals surface area contributed by atoms with E-state index in [1.54, 1.807) is 13.0 Å². The van der Waals surface area contributed by atoms with Crippen molar-refractivity contribution in [3.63, 3.8) is 0 Å². The number of ether oxygens (including phenoxy) is 1. The SMILES string of the molecule is Cc1cc(OCC(=O)O)cc(Cl)c1CO. The molecule has 1 aromatic carbocycles. The summed E-state index contributed by atoms with van der Waals surface area (Å²) in [6, 6.07) is 3.13. The Hall–Kier alpha value is -1.26. The summed E-state index contributed by atoms with van der Waals surface area (Å²) < 4.78 is 4.96. The fraction of sp³-hybridized carbons (Fsp3) is 0.300. The standard InChI is InChI=1S/C10H11ClO4/c1-6-2-7(15-5-10(13)14)3-9(11)8(6)4-12/h2-3,12H,4-5H2,1H3,(H,13,14). The summed E-state index contributed by atoms with van der Waals surface area (Å²) in [6.07, 6.45) is 0. The van der Waals surface area contributed by atoms with Crippen molar-refractivity contribution < 1.29 is 19.7 Å². The molecule has 0 saturated heterocycles. The first-order chi connectivity index (χ1) is 7.04. The number of aliphatic hydroxyl groups excluding tert-OH is 1. The van der Waals surface area contributed by atoms with Gasteiger partial charge < -0.3 is 14.9 Å². The lowest BCUT2D eigenvalue weighted by atomic mass is 10.1. The summed E-state index contributed by atoms with van der Waals surface area (Å²) >= 11 is 5.86. The molecule has 0 aliphatic carbocycles. The van der Waals surface area contributed by atoms with Crippen LogP contribution in [0.5, 0.6) is 5.75 Å². The van der Waals surface area contributed by atoms with Crippen LogP contribution in [0, 0.1) is 6.92 Å². The maximum Gasteiger partial charge on any atom is 0.341 e. The van der Waals surface area contributed by atoms with Gasteiger partial charge in [0, 0.05) is 0 Å². The number of rotatable bonds is 4. The van der Waals surface area contributed by atoms with Crippen LogP contribution in [0.3, 0.4) is 0 Å². The predicted octanol–water partition coefficient (Wildman–Crippen LogP) is 1.60. The van der Waals surface area contributed by atoms with Crippen LogP contribution in [-0.4, -0.2) is 22.8 Å². The molecule has 0 aliphatic heterocycles. The number of hydrogen-bond acceptors (Lipinski definition) is 3. The molecular formula is C10H11ClO4. The van der Waals surface area contributed by atoms with Crippen LogP contribution < -0.4 is 4.74 Å². The van der Waals surface area contributed by atoms with Gasteiger partial charge in [-0.25, -0.2) is 4.79 Å². The predicted molar refractivity (Wildman–Crippen MR) is 55.2 cm³/mol. The van der Waals surface area contributed by atoms with E-state index < -0.39 is 12.6 Å². The smallest absolute Gasteiger partial charge is 0.341 e. The van der Waals surface area contributed by atoms with Gasteiger partial charge in [0.25, 0.3) is 0 Å². The highest BCUT2D eigenvalue weighted by Gasteiger charge is 2.07. The average Bonchev–Trinajstić information content (AvgIpc) is 2.14. The largest absolute Gasteiger partial charge is 0.482 e. The molecule has 0 bridgehead atoms. The van der Waals surface area contributed by atoms with Gasteiger partial charge in [-0.3, -0.25) is 0 Å². The van der Waals surface area contributed by atoms with Crippen LogP contribution in [0.2, 0.25) is 5.02 Å². The molecular weight excluding hydrogens is 220 g/mol. The van der Waals surface area contributed by atoms with Crippen molar-refractivity contribution in [2.45, 2.75) is 13.5 Å². The van der Waals surface area contributed by atoms with Gasteiger partial charge in [-0.05, 0) is 30.2 Å². The molecule has 1 rings (SSSR count). The summed E-state index contributed by atoms with van der Waals surface area (Å²) in [5.41, 5.74) is 1.39. The van der Waals surface area contributed by atoms with Gasteiger partial charge in [0.15, 0.2) is 6.61 Å². The molecule has 0 spiro atoms. The highest BCUT2D eigenvalue weighted by Crippen LogP contribution is 2.26. The Morgan fingerprint density at radius 2 is 2.20 bits per heavy atom. The number of carboxylic acid groups (broad SMARTS) is 1. The summed E-state index contributed by atoms with van der Waals surface area (Å²) in [7, 11) is 0. The molecule has 0 aliphatic rings. The van der Waals surface area contributed by atoms with E-state index in [0.29, 0.717) is 16.3 Å². The van der Waals surface area contributed by atoms with Gasteiger partial charge in [-0.1, -0.05) is 11.6 Å². The molecule has 0 amide bonds. The van der Waals surface area contributed by atoms with E-state index in [-0.39, 0.29) is 6.61 Å². The molecule has 0 radical (unpaired) electrons. The summed E-state index contributed by atoms with van der Waals surface area (Å²) in [4.78, 5) is 10.3. The van der Waals surface area contributed by atoms with Gasteiger partial charge in [0.2, 0.25) is 0 Å². The number of benzene rings is 1. The van der Waals surface area contributed by atoms with Gasteiger partial charge in [-0.15, -0.1) is 0 Å². The zero-order valence-electron chi connectivity index (χ0n) is 8.16. The third-order valence-corrected chi connectivity index (χ3v) is 2.25. The second-order valence-corrected chi connectivity index (χ2v) is 3.45. The van der Waals surface area contributed by atoms with E-state index in [2.05, 4.69) is 0 Å². The number of aliphatic carboxylic acids is 1. The topological polar surface area (TPSA) is 66.8 Å². The quantitative estimate of drug-likeness (QED) is 0.825. The summed E-state index contributed by atoms with van der Waals surface area (Å²) in [5.74, 6) is -0.660. The van der Waals surface area contributed by atoms with Crippen LogP contribution in [0.15, 0.2) is 12.1 Å². The Morgan fingerprint density at radius 3 is 2.67 bits per heavy atom. The second kappa shape index (κ2) is 5.00. The Kier molecular flexibility index (Phi) is 3.94. The molecule has 1 aromatic rings. The van der Waals surface area contributed by atoms with Crippen molar-refractivity contribution >= 4 is 17.6 Å². The number of hydrogen-bond donors (Lipinski definition) is 2. The highest BCUT2D eigenvalue weighted by atomic mass is 35.5. The van der Waals surface area contributed by atoms with Gasteiger partial charge >= 0.3 is 5.97 Å². The molecule has 15 heavy (non-hydrogen) atoms. The molecule has 5 heteroatoms. The Labute approximate surface area is 92.1 Å². The first-order valence-corrected chi connectivity index (χ1v) is 4.67. The molecule has 0 unspecified atom stereocenters. The monoisotopic (exact) mass is 230 g/mol. The highest BCUT2D eigenvalue weighted by molar-refractivity contribution is 6.31. The van der Waals surface area contributed by atoms with Crippen molar-refractivity contribution in [3.05, 3.63) is 28.3 Å². The maximum atomic E-state index is 10.3. The second-order valence-electron chi connectivity index (χ2n) is 3.04. The minimum Gasteiger partial charge on any atom is -0.482 e. The number of aliphatic hydroxyl groups is 1. The fourth-order valence-corrected chi connectivity index (χ4v) is 1.49. The van der Waals surface area contributed by atoms with Crippen molar-refractivity contribution in [1.82, 2.24) is 0 Å². The first kappa shape index (κ1) is 11.8. The van der Waals surface area contributed by atoms with Gasteiger partial charge in [-0.2, -0.15) is 0 Å². The van der Waals surface area contributed by atoms with Crippen molar-refractivity contribution in [2.75, 3.05) is 6.61 Å². The van der Waals surface area contributed by atoms with E-state index in [4.69, 9.17) is 26.6 Å². The Morgan fingerprint density at radius 1 is 1.53 bits per heavy atom. The van der Waals surface area contributed by atoms with Crippen LogP contribution >= 0.6 is 11.6 Å². The van der Waals surface area contributed by atoms with Crippen LogP contribution in [0.25, 0.3) is 0 Å². The van der Waals surface area contributed by atoms with E-state index in [1.807, 2.05) is 0 Å². The summed E-state index contributed by atoms with van der Waals surface area (Å²) in [5, 5.41) is 17.8. The zero-order valence-corrected chi connectivity index (χ0v) is 8.91. The van der Waals surface area contributed by atoms with Crippen molar-refractivity contribution in [1.29, 1.82) is 0 Å². The molecule has 0 fully saturated rings. The maximum absolute atomic E-state index is 10.3. The lowest BCUT2D eigenvalue weighted by Gasteiger charge is -2.09. The third kappa shape index (κ3) is 3.11. The molecule has 0 aromatic heterocycles. The van der Waals surface area contributed by atoms with E-state index in [0.717, 1.165) is 5.56 Å². The average molecular weight is 231 g/mol. The van der Waals surface area contributed by atoms with Gasteiger partial charge in [0.05, 0.1) is 11.6 Å². The number of halogens is 1. The molecule has 4 nitrogen and oxygen atoms in total. The fourth-order valence-electron chi connectivity index (χ4n) is 1.17. The molecule has 0 saturated carbocycles.